The molecule has 2 heterocycles. The average molecular weight is 337 g/mol. The van der Waals surface area contributed by atoms with Gasteiger partial charge in [0.05, 0.1) is 9.30 Å². The topological polar surface area (TPSA) is 39.7 Å². The zero-order valence-corrected chi connectivity index (χ0v) is 12.6. The van der Waals surface area contributed by atoms with Gasteiger partial charge in [-0.25, -0.2) is 4.39 Å². The molecule has 1 fully saturated rings. The molecule has 0 radical (unpaired) electrons. The summed E-state index contributed by atoms with van der Waals surface area (Å²) < 4.78 is 95.9. The summed E-state index contributed by atoms with van der Waals surface area (Å²) in [7, 11) is 0. The van der Waals surface area contributed by atoms with Crippen LogP contribution in [0.1, 0.15) is 28.8 Å². The number of halogens is 1. The summed E-state index contributed by atoms with van der Waals surface area (Å²) >= 11 is 0. The number of rotatable bonds is 4. The molecule has 1 N–H and O–H groups in total. The van der Waals surface area contributed by atoms with Gasteiger partial charge in [-0.2, -0.15) is 0 Å². The van der Waals surface area contributed by atoms with Crippen molar-refractivity contribution in [1.82, 2.24) is 5.32 Å². The van der Waals surface area contributed by atoms with Crippen molar-refractivity contribution in [2.75, 3.05) is 26.4 Å². The Bertz CT molecular complexity index is 1040. The van der Waals surface area contributed by atoms with Crippen LogP contribution in [-0.2, 0) is 0 Å². The monoisotopic (exact) mass is 337 g/mol. The fourth-order valence-electron chi connectivity index (χ4n) is 2.46. The van der Waals surface area contributed by atoms with E-state index in [0.717, 1.165) is 12.1 Å². The predicted molar refractivity (Wildman–Crippen MR) is 88.2 cm³/mol. The Morgan fingerprint density at radius 3 is 2.96 bits per heavy atom. The predicted octanol–water partition coefficient (Wildman–Crippen LogP) is 3.33. The van der Waals surface area contributed by atoms with Gasteiger partial charge in [0.15, 0.2) is 11.5 Å². The van der Waals surface area contributed by atoms with Crippen molar-refractivity contribution >= 4 is 0 Å². The molecule has 4 rings (SSSR count). The summed E-state index contributed by atoms with van der Waals surface area (Å²) in [6.07, 6.45) is -2.41. The van der Waals surface area contributed by atoms with E-state index >= 15 is 0 Å². The minimum absolute atomic E-state index is 0.0323. The highest BCUT2D eigenvalue weighted by molar-refractivity contribution is 5.46. The normalized spacial score (nSPS) is 38.2. The first-order valence-electron chi connectivity index (χ1n) is 11.4. The Balaban J connectivity index is 1.74. The molecule has 4 nitrogen and oxygen atoms in total. The summed E-state index contributed by atoms with van der Waals surface area (Å²) in [5.74, 6) is -5.69. The van der Waals surface area contributed by atoms with Crippen LogP contribution in [-0.4, -0.2) is 26.4 Å². The minimum Gasteiger partial charge on any atom is -0.493 e. The molecule has 2 aromatic carbocycles. The van der Waals surface area contributed by atoms with Gasteiger partial charge in [0, 0.05) is 24.0 Å². The summed E-state index contributed by atoms with van der Waals surface area (Å²) in [4.78, 5) is 0. The van der Waals surface area contributed by atoms with Gasteiger partial charge in [-0.3, -0.25) is 0 Å². The lowest BCUT2D eigenvalue weighted by atomic mass is 9.81. The lowest BCUT2D eigenvalue weighted by molar-refractivity contribution is 0.173. The highest BCUT2D eigenvalue weighted by atomic mass is 19.1. The third kappa shape index (κ3) is 3.17. The van der Waals surface area contributed by atoms with Crippen LogP contribution >= 0.6 is 0 Å². The Hall–Kier alpha value is -2.27. The molecular formula is C19H20FNO3. The van der Waals surface area contributed by atoms with Crippen molar-refractivity contribution in [3.8, 4) is 17.2 Å². The molecule has 0 spiro atoms. The van der Waals surface area contributed by atoms with Gasteiger partial charge in [0.2, 0.25) is 6.75 Å². The molecule has 2 aromatic rings. The van der Waals surface area contributed by atoms with Crippen molar-refractivity contribution in [1.29, 1.82) is 0 Å². The number of nitrogens with one attached hydrogen (secondary N) is 1. The molecule has 0 amide bonds. The van der Waals surface area contributed by atoms with E-state index < -0.39 is 43.8 Å². The highest BCUT2D eigenvalue weighted by Gasteiger charge is 2.27. The molecule has 2 atom stereocenters. The molecule has 24 heavy (non-hydrogen) atoms. The van der Waals surface area contributed by atoms with E-state index in [9.17, 15) is 4.39 Å². The molecule has 0 saturated carbocycles. The second-order valence-electron chi connectivity index (χ2n) is 5.24. The average Bonchev–Trinajstić information content (AvgIpc) is 2.99. The van der Waals surface area contributed by atoms with Crippen LogP contribution in [0, 0.1) is 11.7 Å². The third-order valence-electron chi connectivity index (χ3n) is 3.64. The number of fused-ring (bicyclic) bond motifs is 1. The maximum atomic E-state index is 13.5. The van der Waals surface area contributed by atoms with E-state index in [1.807, 2.05) is 0 Å². The second kappa shape index (κ2) is 6.69. The van der Waals surface area contributed by atoms with Crippen LogP contribution in [0.5, 0.6) is 17.2 Å². The summed E-state index contributed by atoms with van der Waals surface area (Å²) in [5.41, 5.74) is -0.0632. The van der Waals surface area contributed by atoms with Crippen molar-refractivity contribution < 1.29 is 29.6 Å². The Labute approximate surface area is 151 Å². The number of hydrogen-bond acceptors (Lipinski definition) is 4. The van der Waals surface area contributed by atoms with Gasteiger partial charge in [0.1, 0.15) is 14.3 Å². The number of ether oxygens (including phenoxy) is 3. The largest absolute Gasteiger partial charge is 0.493 e. The molecule has 1 unspecified atom stereocenters. The van der Waals surface area contributed by atoms with E-state index in [0.29, 0.717) is 0 Å². The quantitative estimate of drug-likeness (QED) is 0.929. The minimum atomic E-state index is -2.92. The van der Waals surface area contributed by atoms with Crippen molar-refractivity contribution in [3.63, 3.8) is 0 Å². The van der Waals surface area contributed by atoms with Crippen molar-refractivity contribution in [2.24, 2.45) is 5.89 Å². The molecule has 2 aliphatic heterocycles. The zero-order valence-electron chi connectivity index (χ0n) is 20.6. The van der Waals surface area contributed by atoms with Crippen LogP contribution in [0.2, 0.25) is 0 Å². The van der Waals surface area contributed by atoms with E-state index in [1.165, 1.54) is 30.3 Å². The molecule has 0 aromatic heterocycles. The van der Waals surface area contributed by atoms with E-state index in [4.69, 9.17) is 25.2 Å². The summed E-state index contributed by atoms with van der Waals surface area (Å²) in [5, 5.41) is 2.68. The summed E-state index contributed by atoms with van der Waals surface area (Å²) in [6, 6.07) is 8.21. The Morgan fingerprint density at radius 2 is 2.08 bits per heavy atom. The van der Waals surface area contributed by atoms with Crippen LogP contribution in [0.25, 0.3) is 0 Å². The van der Waals surface area contributed by atoms with Gasteiger partial charge in [-0.05, 0) is 48.6 Å². The first-order valence-corrected chi connectivity index (χ1v) is 7.39. The fourth-order valence-corrected chi connectivity index (χ4v) is 2.46. The molecule has 0 aliphatic carbocycles. The lowest BCUT2D eigenvalue weighted by Crippen LogP contribution is -2.38. The fraction of sp³-hybridized carbons (Fsp3) is 0.368. The van der Waals surface area contributed by atoms with Gasteiger partial charge in [-0.15, -0.1) is 0 Å². The SMILES string of the molecule is [2H]C1([2H])Oc2ccc(OC([2H])([2H])C3([2H])CNCC([2H])([2H])[C@@]3([2H])c3ccc(F)cc3)cc2O1. The maximum absolute atomic E-state index is 13.5. The first kappa shape index (κ1) is 8.72. The Morgan fingerprint density at radius 1 is 1.25 bits per heavy atom. The highest BCUT2D eigenvalue weighted by Crippen LogP contribution is 2.36. The smallest absolute Gasteiger partial charge is 0.231 e. The molecule has 126 valence electrons. The van der Waals surface area contributed by atoms with Crippen molar-refractivity contribution in [3.05, 3.63) is 53.8 Å². The molecule has 5 heteroatoms. The molecular weight excluding hydrogens is 309 g/mol. The standard InChI is InChI=1S/C19H20FNO3/c20-15-3-1-13(2-4-15)17-7-8-21-10-14(17)11-22-16-5-6-18-19(9-16)24-12-23-18/h1-6,9,14,17,21H,7-8,10-12H2/t14?,17-/m0/s1/i7D2,11D2,12D2,14D,17D. The first-order chi connectivity index (χ1) is 14.7. The van der Waals surface area contributed by atoms with E-state index in [1.54, 1.807) is 0 Å². The second-order valence-corrected chi connectivity index (χ2v) is 5.24. The van der Waals surface area contributed by atoms with Crippen LogP contribution in [0.15, 0.2) is 42.5 Å². The third-order valence-corrected chi connectivity index (χ3v) is 3.64. The van der Waals surface area contributed by atoms with E-state index in [2.05, 4.69) is 5.32 Å². The number of hydrogen-bond donors (Lipinski definition) is 1. The molecule has 1 saturated heterocycles. The van der Waals surface area contributed by atoms with E-state index in [-0.39, 0.29) is 29.4 Å². The molecule has 2 aliphatic rings. The summed E-state index contributed by atoms with van der Waals surface area (Å²) in [6.45, 7) is -6.05. The molecule has 0 bridgehead atoms. The van der Waals surface area contributed by atoms with Crippen LogP contribution in [0.3, 0.4) is 0 Å². The van der Waals surface area contributed by atoms with Gasteiger partial charge in [-0.1, -0.05) is 12.1 Å². The Kier molecular flexibility index (Phi) is 2.43. The van der Waals surface area contributed by atoms with Crippen LogP contribution < -0.4 is 19.5 Å². The number of benzene rings is 2. The zero-order chi connectivity index (χ0) is 23.6. The lowest BCUT2D eigenvalue weighted by Gasteiger charge is -2.32. The van der Waals surface area contributed by atoms with Gasteiger partial charge >= 0.3 is 0 Å². The van der Waals surface area contributed by atoms with Gasteiger partial charge in [0.25, 0.3) is 0 Å². The van der Waals surface area contributed by atoms with Crippen molar-refractivity contribution in [2.45, 2.75) is 12.3 Å². The van der Waals surface area contributed by atoms with Gasteiger partial charge < -0.3 is 19.5 Å². The maximum Gasteiger partial charge on any atom is 0.231 e. The number of piperidine rings is 1. The van der Waals surface area contributed by atoms with Crippen LogP contribution in [0.4, 0.5) is 4.39 Å².